The van der Waals surface area contributed by atoms with E-state index >= 15 is 0 Å². The molecular formula is C30H32N2O2. The van der Waals surface area contributed by atoms with Gasteiger partial charge in [-0.15, -0.1) is 0 Å². The molecule has 3 aromatic carbocycles. The first-order valence-corrected chi connectivity index (χ1v) is 12.5. The molecule has 2 unspecified atom stereocenters. The molecule has 2 atom stereocenters. The van der Waals surface area contributed by atoms with Gasteiger partial charge < -0.3 is 4.74 Å². The summed E-state index contributed by atoms with van der Waals surface area (Å²) in [6.45, 7) is 2.40. The number of amides is 1. The fourth-order valence-corrected chi connectivity index (χ4v) is 5.18. The summed E-state index contributed by atoms with van der Waals surface area (Å²) in [5.74, 6) is 1.12. The van der Waals surface area contributed by atoms with Gasteiger partial charge in [-0.3, -0.25) is 4.79 Å². The van der Waals surface area contributed by atoms with Gasteiger partial charge in [0.15, 0.2) is 0 Å². The van der Waals surface area contributed by atoms with Crippen molar-refractivity contribution in [1.29, 1.82) is 0 Å². The summed E-state index contributed by atoms with van der Waals surface area (Å²) in [6, 6.07) is 28.4. The van der Waals surface area contributed by atoms with Gasteiger partial charge >= 0.3 is 0 Å². The molecule has 0 bridgehead atoms. The molecular weight excluding hydrogens is 420 g/mol. The van der Waals surface area contributed by atoms with Crippen LogP contribution in [0.15, 0.2) is 90.0 Å². The lowest BCUT2D eigenvalue weighted by Crippen LogP contribution is -2.34. The second-order valence-electron chi connectivity index (χ2n) is 9.45. The smallest absolute Gasteiger partial charge is 0.256 e. The molecule has 3 aromatic rings. The lowest BCUT2D eigenvalue weighted by molar-refractivity contribution is -0.130. The molecule has 0 spiro atoms. The molecule has 2 aliphatic rings. The van der Waals surface area contributed by atoms with E-state index < -0.39 is 5.92 Å². The Kier molecular flexibility index (Phi) is 6.75. The fourth-order valence-electron chi connectivity index (χ4n) is 5.18. The quantitative estimate of drug-likeness (QED) is 0.409. The number of carbonyl (C=O) groups excluding carboxylic acids is 1. The van der Waals surface area contributed by atoms with Gasteiger partial charge in [0.05, 0.1) is 12.3 Å². The van der Waals surface area contributed by atoms with Crippen molar-refractivity contribution in [3.63, 3.8) is 0 Å². The van der Waals surface area contributed by atoms with Crippen LogP contribution < -0.4 is 4.74 Å². The van der Waals surface area contributed by atoms with Gasteiger partial charge in [0.2, 0.25) is 0 Å². The Bertz CT molecular complexity index is 1120. The maximum absolute atomic E-state index is 13.5. The molecule has 1 aliphatic carbocycles. The van der Waals surface area contributed by atoms with Crippen molar-refractivity contribution in [3.8, 4) is 5.75 Å². The second-order valence-corrected chi connectivity index (χ2v) is 9.45. The molecule has 174 valence electrons. The van der Waals surface area contributed by atoms with Gasteiger partial charge in [-0.2, -0.15) is 5.10 Å². The Balaban J connectivity index is 1.29. The third kappa shape index (κ3) is 4.91. The second kappa shape index (κ2) is 10.3. The SMILES string of the molecule is CC(CN1N=C(c2ccccc2)C(c2ccccc2)C1=O)Oc1ccc(C2CCCCC2)cc1. The molecule has 34 heavy (non-hydrogen) atoms. The van der Waals surface area contributed by atoms with Crippen molar-refractivity contribution in [2.45, 2.75) is 57.0 Å². The minimum absolute atomic E-state index is 0.00634. The van der Waals surface area contributed by atoms with Crippen LogP contribution in [-0.2, 0) is 4.79 Å². The van der Waals surface area contributed by atoms with E-state index in [1.807, 2.05) is 67.6 Å². The molecule has 1 saturated carbocycles. The van der Waals surface area contributed by atoms with Crippen LogP contribution in [0.25, 0.3) is 0 Å². The number of rotatable bonds is 7. The van der Waals surface area contributed by atoms with Crippen LogP contribution in [0.5, 0.6) is 5.75 Å². The van der Waals surface area contributed by atoms with Crippen molar-refractivity contribution in [1.82, 2.24) is 5.01 Å². The summed E-state index contributed by atoms with van der Waals surface area (Å²) in [7, 11) is 0. The van der Waals surface area contributed by atoms with Crippen LogP contribution in [-0.4, -0.2) is 29.3 Å². The monoisotopic (exact) mass is 452 g/mol. The predicted molar refractivity (Wildman–Crippen MR) is 136 cm³/mol. The van der Waals surface area contributed by atoms with E-state index in [4.69, 9.17) is 9.84 Å². The number of benzene rings is 3. The summed E-state index contributed by atoms with van der Waals surface area (Å²) < 4.78 is 6.19. The highest BCUT2D eigenvalue weighted by atomic mass is 16.5. The fraction of sp³-hybridized carbons (Fsp3) is 0.333. The molecule has 5 rings (SSSR count). The zero-order valence-corrected chi connectivity index (χ0v) is 19.8. The summed E-state index contributed by atoms with van der Waals surface area (Å²) in [5.41, 5.74) is 4.14. The Labute approximate surface area is 202 Å². The van der Waals surface area contributed by atoms with E-state index in [1.165, 1.54) is 37.7 Å². The van der Waals surface area contributed by atoms with Crippen LogP contribution in [0, 0.1) is 0 Å². The van der Waals surface area contributed by atoms with Gasteiger partial charge in [0.25, 0.3) is 5.91 Å². The van der Waals surface area contributed by atoms with Gasteiger partial charge in [0, 0.05) is 0 Å². The first-order valence-electron chi connectivity index (χ1n) is 12.5. The normalized spacial score (nSPS) is 19.7. The maximum atomic E-state index is 13.5. The Morgan fingerprint density at radius 1 is 0.853 bits per heavy atom. The minimum Gasteiger partial charge on any atom is -0.489 e. The van der Waals surface area contributed by atoms with Crippen molar-refractivity contribution in [2.75, 3.05) is 6.54 Å². The van der Waals surface area contributed by atoms with Gasteiger partial charge in [-0.05, 0) is 54.5 Å². The lowest BCUT2D eigenvalue weighted by Gasteiger charge is -2.23. The third-order valence-corrected chi connectivity index (χ3v) is 6.93. The molecule has 4 nitrogen and oxygen atoms in total. The van der Waals surface area contributed by atoms with E-state index in [0.29, 0.717) is 12.5 Å². The van der Waals surface area contributed by atoms with Gasteiger partial charge in [-0.25, -0.2) is 5.01 Å². The van der Waals surface area contributed by atoms with Crippen LogP contribution in [0.3, 0.4) is 0 Å². The highest BCUT2D eigenvalue weighted by Crippen LogP contribution is 2.34. The molecule has 0 N–H and O–H groups in total. The molecule has 1 amide bonds. The first-order chi connectivity index (χ1) is 16.7. The molecule has 0 aromatic heterocycles. The third-order valence-electron chi connectivity index (χ3n) is 6.93. The Hall–Kier alpha value is -3.40. The minimum atomic E-state index is -0.398. The van der Waals surface area contributed by atoms with Crippen LogP contribution in [0.4, 0.5) is 0 Å². The Morgan fingerprint density at radius 2 is 1.50 bits per heavy atom. The van der Waals surface area contributed by atoms with E-state index in [1.54, 1.807) is 5.01 Å². The summed E-state index contributed by atoms with van der Waals surface area (Å²) in [6.07, 6.45) is 6.43. The van der Waals surface area contributed by atoms with Gasteiger partial charge in [0.1, 0.15) is 17.8 Å². The number of hydrogen-bond acceptors (Lipinski definition) is 3. The number of hydrogen-bond donors (Lipinski definition) is 0. The summed E-state index contributed by atoms with van der Waals surface area (Å²) >= 11 is 0. The molecule has 1 aliphatic heterocycles. The average Bonchev–Trinajstić information content (AvgIpc) is 3.21. The zero-order valence-electron chi connectivity index (χ0n) is 19.8. The standard InChI is InChI=1S/C30H32N2O2/c1-22(34-27-19-17-24(18-20-27)23-11-5-2-6-12-23)21-32-30(33)28(25-13-7-3-8-14-25)29(31-32)26-15-9-4-10-16-26/h3-4,7-10,13-20,22-23,28H,2,5-6,11-12,21H2,1H3. The number of hydrazone groups is 1. The van der Waals surface area contributed by atoms with Crippen LogP contribution >= 0.6 is 0 Å². The highest BCUT2D eigenvalue weighted by molar-refractivity contribution is 6.20. The number of ether oxygens (including phenoxy) is 1. The highest BCUT2D eigenvalue weighted by Gasteiger charge is 2.38. The molecule has 1 heterocycles. The Morgan fingerprint density at radius 3 is 2.18 bits per heavy atom. The van der Waals surface area contributed by atoms with E-state index in [2.05, 4.69) is 24.3 Å². The topological polar surface area (TPSA) is 41.9 Å². The average molecular weight is 453 g/mol. The molecule has 1 fully saturated rings. The van der Waals surface area contributed by atoms with Crippen molar-refractivity contribution in [3.05, 3.63) is 102 Å². The van der Waals surface area contributed by atoms with Crippen molar-refractivity contribution < 1.29 is 9.53 Å². The number of nitrogens with zero attached hydrogens (tertiary/aromatic N) is 2. The maximum Gasteiger partial charge on any atom is 0.256 e. The van der Waals surface area contributed by atoms with Crippen molar-refractivity contribution >= 4 is 11.6 Å². The zero-order chi connectivity index (χ0) is 23.3. The predicted octanol–water partition coefficient (Wildman–Crippen LogP) is 6.53. The van der Waals surface area contributed by atoms with Crippen LogP contribution in [0.1, 0.15) is 67.6 Å². The van der Waals surface area contributed by atoms with Crippen molar-refractivity contribution in [2.24, 2.45) is 5.10 Å². The van der Waals surface area contributed by atoms with E-state index in [9.17, 15) is 4.79 Å². The first kappa shape index (κ1) is 22.4. The van der Waals surface area contributed by atoms with E-state index in [-0.39, 0.29) is 12.0 Å². The van der Waals surface area contributed by atoms with Gasteiger partial charge in [-0.1, -0.05) is 92.1 Å². The van der Waals surface area contributed by atoms with Crippen LogP contribution in [0.2, 0.25) is 0 Å². The molecule has 4 heteroatoms. The number of carbonyl (C=O) groups is 1. The van der Waals surface area contributed by atoms with E-state index in [0.717, 1.165) is 22.6 Å². The molecule has 0 saturated heterocycles. The lowest BCUT2D eigenvalue weighted by atomic mass is 9.84. The summed E-state index contributed by atoms with van der Waals surface area (Å²) in [5, 5.41) is 6.36. The molecule has 0 radical (unpaired) electrons. The summed E-state index contributed by atoms with van der Waals surface area (Å²) in [4.78, 5) is 13.5. The largest absolute Gasteiger partial charge is 0.489 e.